The van der Waals surface area contributed by atoms with Crippen LogP contribution >= 0.6 is 23.7 Å². The van der Waals surface area contributed by atoms with E-state index in [9.17, 15) is 9.59 Å². The van der Waals surface area contributed by atoms with Crippen molar-refractivity contribution in [1.82, 2.24) is 10.6 Å². The molecule has 0 fully saturated rings. The fraction of sp³-hybridized carbons (Fsp3) is 0.571. The number of unbranched alkanes of at least 4 members (excludes halogenated alkanes) is 1. The molecule has 1 unspecified atom stereocenters. The molecule has 0 aliphatic heterocycles. The number of carbonyl (C=O) groups is 2. The summed E-state index contributed by atoms with van der Waals surface area (Å²) in [6.45, 7) is 5.05. The Morgan fingerprint density at radius 3 is 2.57 bits per heavy atom. The smallest absolute Gasteiger partial charge is 0.262 e. The highest BCUT2D eigenvalue weighted by Crippen LogP contribution is 2.10. The number of rotatable bonds is 8. The normalized spacial score (nSPS) is 11.6. The molecule has 0 bridgehead atoms. The van der Waals surface area contributed by atoms with Gasteiger partial charge in [0.15, 0.2) is 0 Å². The molecule has 0 aromatic carbocycles. The number of carbonyl (C=O) groups excluding carboxylic acids is 2. The van der Waals surface area contributed by atoms with Crippen LogP contribution < -0.4 is 16.4 Å². The number of amides is 2. The Morgan fingerprint density at radius 1 is 1.33 bits per heavy atom. The van der Waals surface area contributed by atoms with Crippen molar-refractivity contribution in [2.45, 2.75) is 32.7 Å². The minimum Gasteiger partial charge on any atom is -0.354 e. The lowest BCUT2D eigenvalue weighted by Gasteiger charge is -2.21. The van der Waals surface area contributed by atoms with Crippen LogP contribution in [0.3, 0.4) is 0 Å². The molecule has 0 aliphatic rings. The summed E-state index contributed by atoms with van der Waals surface area (Å²) in [5.41, 5.74) is 5.40. The van der Waals surface area contributed by atoms with Gasteiger partial charge in [-0.25, -0.2) is 0 Å². The highest BCUT2D eigenvalue weighted by Gasteiger charge is 2.24. The molecule has 5 nitrogen and oxygen atoms in total. The summed E-state index contributed by atoms with van der Waals surface area (Å²) in [6, 6.07) is 3.05. The van der Waals surface area contributed by atoms with E-state index in [0.29, 0.717) is 18.0 Å². The number of halogens is 1. The summed E-state index contributed by atoms with van der Waals surface area (Å²) < 4.78 is 0. The average Bonchev–Trinajstić information content (AvgIpc) is 2.94. The third-order valence-electron chi connectivity index (χ3n) is 2.91. The van der Waals surface area contributed by atoms with Crippen molar-refractivity contribution in [2.24, 2.45) is 11.7 Å². The summed E-state index contributed by atoms with van der Waals surface area (Å²) in [4.78, 5) is 24.7. The van der Waals surface area contributed by atoms with Gasteiger partial charge in [0, 0.05) is 6.54 Å². The lowest BCUT2D eigenvalue weighted by molar-refractivity contribution is -0.123. The molecule has 0 radical (unpaired) electrons. The fourth-order valence-corrected chi connectivity index (χ4v) is 2.37. The predicted molar refractivity (Wildman–Crippen MR) is 89.0 cm³/mol. The number of nitrogens with one attached hydrogen (secondary N) is 2. The molecule has 1 aromatic heterocycles. The monoisotopic (exact) mass is 333 g/mol. The second kappa shape index (κ2) is 10.6. The van der Waals surface area contributed by atoms with Gasteiger partial charge < -0.3 is 16.4 Å². The van der Waals surface area contributed by atoms with Crippen molar-refractivity contribution in [2.75, 3.05) is 13.1 Å². The Bertz CT molecular complexity index is 424. The van der Waals surface area contributed by atoms with E-state index in [1.165, 1.54) is 11.3 Å². The van der Waals surface area contributed by atoms with Crippen LogP contribution in [0.4, 0.5) is 0 Å². The first-order chi connectivity index (χ1) is 9.56. The number of hydrogen-bond acceptors (Lipinski definition) is 4. The quantitative estimate of drug-likeness (QED) is 0.634. The zero-order valence-electron chi connectivity index (χ0n) is 12.4. The lowest BCUT2D eigenvalue weighted by atomic mass is 10.0. The van der Waals surface area contributed by atoms with Crippen molar-refractivity contribution >= 4 is 35.6 Å². The van der Waals surface area contributed by atoms with Crippen LogP contribution in [0.1, 0.15) is 36.4 Å². The zero-order valence-corrected chi connectivity index (χ0v) is 14.1. The molecule has 1 aromatic rings. The molecular weight excluding hydrogens is 310 g/mol. The van der Waals surface area contributed by atoms with Crippen molar-refractivity contribution < 1.29 is 9.59 Å². The van der Waals surface area contributed by atoms with E-state index in [-0.39, 0.29) is 30.1 Å². The van der Waals surface area contributed by atoms with Gasteiger partial charge in [-0.3, -0.25) is 9.59 Å². The van der Waals surface area contributed by atoms with Crippen molar-refractivity contribution in [3.63, 3.8) is 0 Å². The van der Waals surface area contributed by atoms with Gasteiger partial charge in [0.25, 0.3) is 5.91 Å². The van der Waals surface area contributed by atoms with Gasteiger partial charge in [-0.05, 0) is 36.8 Å². The third-order valence-corrected chi connectivity index (χ3v) is 3.78. The minimum absolute atomic E-state index is 0. The van der Waals surface area contributed by atoms with Gasteiger partial charge in [0.05, 0.1) is 4.88 Å². The Hall–Kier alpha value is -1.11. The van der Waals surface area contributed by atoms with Crippen LogP contribution in [0.25, 0.3) is 0 Å². The van der Waals surface area contributed by atoms with Crippen LogP contribution in [0.15, 0.2) is 17.5 Å². The fourth-order valence-electron chi connectivity index (χ4n) is 1.75. The highest BCUT2D eigenvalue weighted by atomic mass is 35.5. The van der Waals surface area contributed by atoms with E-state index in [0.717, 1.165) is 12.8 Å². The molecular formula is C14H24ClN3O2S. The first-order valence-corrected chi connectivity index (χ1v) is 7.76. The second-order valence-corrected chi connectivity index (χ2v) is 5.91. The molecule has 21 heavy (non-hydrogen) atoms. The molecule has 1 rings (SSSR count). The van der Waals surface area contributed by atoms with Crippen LogP contribution in [0.5, 0.6) is 0 Å². The molecule has 0 aliphatic carbocycles. The molecule has 4 N–H and O–H groups in total. The lowest BCUT2D eigenvalue weighted by Crippen LogP contribution is -2.49. The van der Waals surface area contributed by atoms with E-state index >= 15 is 0 Å². The van der Waals surface area contributed by atoms with Crippen LogP contribution in [-0.4, -0.2) is 30.9 Å². The van der Waals surface area contributed by atoms with Crippen molar-refractivity contribution in [3.8, 4) is 0 Å². The summed E-state index contributed by atoms with van der Waals surface area (Å²) in [6.07, 6.45) is 1.74. The molecule has 2 amide bonds. The number of hydrogen-bond donors (Lipinski definition) is 3. The van der Waals surface area contributed by atoms with Crippen LogP contribution in [0.2, 0.25) is 0 Å². The van der Waals surface area contributed by atoms with E-state index in [1.807, 2.05) is 25.3 Å². The SMILES string of the molecule is CC(C)C(NC(=O)c1cccs1)C(=O)NCCCCN.Cl. The van der Waals surface area contributed by atoms with Gasteiger partial charge in [-0.2, -0.15) is 0 Å². The zero-order chi connectivity index (χ0) is 15.0. The minimum atomic E-state index is -0.512. The van der Waals surface area contributed by atoms with Gasteiger partial charge in [-0.1, -0.05) is 19.9 Å². The van der Waals surface area contributed by atoms with Crippen LogP contribution in [0, 0.1) is 5.92 Å². The molecule has 7 heteroatoms. The maximum atomic E-state index is 12.1. The first kappa shape index (κ1) is 19.9. The molecule has 120 valence electrons. The average molecular weight is 334 g/mol. The molecule has 1 atom stereocenters. The Morgan fingerprint density at radius 2 is 2.05 bits per heavy atom. The Labute approximate surface area is 136 Å². The van der Waals surface area contributed by atoms with Gasteiger partial charge in [0.2, 0.25) is 5.91 Å². The predicted octanol–water partition coefficient (Wildman–Crippen LogP) is 1.78. The van der Waals surface area contributed by atoms with E-state index in [2.05, 4.69) is 10.6 Å². The van der Waals surface area contributed by atoms with Crippen molar-refractivity contribution in [1.29, 1.82) is 0 Å². The standard InChI is InChI=1S/C14H23N3O2S.ClH/c1-10(2)12(14(19)16-8-4-3-7-15)17-13(18)11-6-5-9-20-11;/h5-6,9-10,12H,3-4,7-8,15H2,1-2H3,(H,16,19)(H,17,18);1H. The van der Waals surface area contributed by atoms with Gasteiger partial charge >= 0.3 is 0 Å². The summed E-state index contributed by atoms with van der Waals surface area (Å²) in [5, 5.41) is 7.48. The maximum absolute atomic E-state index is 12.1. The van der Waals surface area contributed by atoms with Gasteiger partial charge in [-0.15, -0.1) is 23.7 Å². The van der Waals surface area contributed by atoms with Crippen molar-refractivity contribution in [3.05, 3.63) is 22.4 Å². The second-order valence-electron chi connectivity index (χ2n) is 4.96. The highest BCUT2D eigenvalue weighted by molar-refractivity contribution is 7.12. The molecule has 0 saturated carbocycles. The Kier molecular flexibility index (Phi) is 10.0. The number of nitrogens with two attached hydrogens (primary N) is 1. The van der Waals surface area contributed by atoms with Gasteiger partial charge in [0.1, 0.15) is 6.04 Å². The molecule has 0 saturated heterocycles. The maximum Gasteiger partial charge on any atom is 0.262 e. The largest absolute Gasteiger partial charge is 0.354 e. The summed E-state index contributed by atoms with van der Waals surface area (Å²) in [7, 11) is 0. The summed E-state index contributed by atoms with van der Waals surface area (Å²) >= 11 is 1.36. The molecule has 1 heterocycles. The van der Waals surface area contributed by atoms with Crippen LogP contribution in [-0.2, 0) is 4.79 Å². The summed E-state index contributed by atoms with van der Waals surface area (Å²) in [5.74, 6) is -0.300. The Balaban J connectivity index is 0.00000400. The van der Waals surface area contributed by atoms with E-state index in [1.54, 1.807) is 6.07 Å². The number of thiophene rings is 1. The van der Waals surface area contributed by atoms with E-state index in [4.69, 9.17) is 5.73 Å². The topological polar surface area (TPSA) is 84.2 Å². The molecule has 0 spiro atoms. The van der Waals surface area contributed by atoms with E-state index < -0.39 is 6.04 Å². The first-order valence-electron chi connectivity index (χ1n) is 6.88. The third kappa shape index (κ3) is 6.93.